The van der Waals surface area contributed by atoms with Gasteiger partial charge in [0.15, 0.2) is 0 Å². The molecule has 0 aliphatic carbocycles. The first-order valence-electron chi connectivity index (χ1n) is 12.0. The van der Waals surface area contributed by atoms with E-state index in [0.717, 1.165) is 11.3 Å². The average Bonchev–Trinajstić information content (AvgIpc) is 3.31. The van der Waals surface area contributed by atoms with Gasteiger partial charge >= 0.3 is 0 Å². The van der Waals surface area contributed by atoms with Gasteiger partial charge in [0.05, 0.1) is 0 Å². The molecule has 8 heteroatoms. The smallest absolute Gasteiger partial charge is 0.289 e. The quantitative estimate of drug-likeness (QED) is 0.429. The molecule has 1 fully saturated rings. The van der Waals surface area contributed by atoms with Crippen LogP contribution < -0.4 is 15.5 Å². The van der Waals surface area contributed by atoms with E-state index in [1.165, 1.54) is 4.90 Å². The van der Waals surface area contributed by atoms with E-state index in [1.54, 1.807) is 36.5 Å². The van der Waals surface area contributed by atoms with Crippen molar-refractivity contribution in [1.82, 2.24) is 15.6 Å². The summed E-state index contributed by atoms with van der Waals surface area (Å²) in [7, 11) is 0. The molecule has 0 spiro atoms. The number of rotatable bonds is 10. The molecule has 1 saturated heterocycles. The second kappa shape index (κ2) is 11.9. The van der Waals surface area contributed by atoms with Gasteiger partial charge in [-0.15, -0.1) is 0 Å². The van der Waals surface area contributed by atoms with Crippen molar-refractivity contribution in [3.63, 3.8) is 0 Å². The van der Waals surface area contributed by atoms with Gasteiger partial charge in [-0.2, -0.15) is 0 Å². The Morgan fingerprint density at radius 1 is 0.944 bits per heavy atom. The van der Waals surface area contributed by atoms with Crippen LogP contribution in [0.2, 0.25) is 0 Å². The number of benzene rings is 2. The molecule has 1 aliphatic heterocycles. The molecule has 0 saturated carbocycles. The summed E-state index contributed by atoms with van der Waals surface area (Å²) in [5.74, 6) is -2.11. The molecule has 0 radical (unpaired) electrons. The van der Waals surface area contributed by atoms with E-state index in [-0.39, 0.29) is 25.3 Å². The van der Waals surface area contributed by atoms with Gasteiger partial charge in [-0.3, -0.25) is 29.1 Å². The van der Waals surface area contributed by atoms with Crippen LogP contribution in [0, 0.1) is 0 Å². The number of carbonyl (C=O) groups is 4. The van der Waals surface area contributed by atoms with Crippen LogP contribution in [0.5, 0.6) is 0 Å². The fourth-order valence-corrected chi connectivity index (χ4v) is 4.27. The predicted octanol–water partition coefficient (Wildman–Crippen LogP) is 2.23. The van der Waals surface area contributed by atoms with Crippen molar-refractivity contribution in [3.05, 3.63) is 96.3 Å². The summed E-state index contributed by atoms with van der Waals surface area (Å²) in [4.78, 5) is 57.4. The zero-order valence-corrected chi connectivity index (χ0v) is 19.8. The van der Waals surface area contributed by atoms with Gasteiger partial charge < -0.3 is 10.6 Å². The first-order chi connectivity index (χ1) is 17.5. The van der Waals surface area contributed by atoms with Crippen molar-refractivity contribution >= 4 is 29.2 Å². The Balaban J connectivity index is 1.46. The third-order valence-electron chi connectivity index (χ3n) is 6.08. The number of hydrogen-bond donors (Lipinski definition) is 2. The zero-order valence-electron chi connectivity index (χ0n) is 19.8. The molecule has 1 aromatic heterocycles. The van der Waals surface area contributed by atoms with Gasteiger partial charge in [0.2, 0.25) is 17.6 Å². The molecule has 2 aromatic carbocycles. The molecule has 4 rings (SSSR count). The van der Waals surface area contributed by atoms with Gasteiger partial charge in [0, 0.05) is 43.4 Å². The van der Waals surface area contributed by atoms with Crippen LogP contribution in [0.25, 0.3) is 0 Å². The van der Waals surface area contributed by atoms with Gasteiger partial charge in [0.25, 0.3) is 5.91 Å². The summed E-state index contributed by atoms with van der Waals surface area (Å²) in [6.07, 6.45) is 2.87. The molecule has 2 heterocycles. The molecule has 36 heavy (non-hydrogen) atoms. The highest BCUT2D eigenvalue weighted by Gasteiger charge is 2.39. The molecule has 3 amide bonds. The highest BCUT2D eigenvalue weighted by molar-refractivity contribution is 6.38. The lowest BCUT2D eigenvalue weighted by atomic mass is 10.0. The third kappa shape index (κ3) is 6.21. The topological polar surface area (TPSA) is 108 Å². The molecule has 2 N–H and O–H groups in total. The van der Waals surface area contributed by atoms with E-state index in [9.17, 15) is 19.2 Å². The summed E-state index contributed by atoms with van der Waals surface area (Å²) in [6.45, 7) is 0.243. The highest BCUT2D eigenvalue weighted by atomic mass is 16.2. The summed E-state index contributed by atoms with van der Waals surface area (Å²) in [6, 6.07) is 21.8. The van der Waals surface area contributed by atoms with Gasteiger partial charge in [-0.05, 0) is 36.2 Å². The molecular formula is C28H28N4O4. The molecule has 2 unspecified atom stereocenters. The number of pyridine rings is 1. The first-order valence-corrected chi connectivity index (χ1v) is 12.0. The summed E-state index contributed by atoms with van der Waals surface area (Å²) >= 11 is 0. The van der Waals surface area contributed by atoms with Crippen molar-refractivity contribution in [3.8, 4) is 0 Å². The Bertz CT molecular complexity index is 1200. The molecule has 8 nitrogen and oxygen atoms in total. The monoisotopic (exact) mass is 484 g/mol. The van der Waals surface area contributed by atoms with Crippen molar-refractivity contribution in [2.75, 3.05) is 11.4 Å². The van der Waals surface area contributed by atoms with Crippen LogP contribution in [0.15, 0.2) is 85.1 Å². The van der Waals surface area contributed by atoms with Crippen LogP contribution >= 0.6 is 0 Å². The van der Waals surface area contributed by atoms with Crippen molar-refractivity contribution in [1.29, 1.82) is 0 Å². The van der Waals surface area contributed by atoms with E-state index in [2.05, 4.69) is 15.6 Å². The summed E-state index contributed by atoms with van der Waals surface area (Å²) in [5.41, 5.74) is 2.23. The number of aromatic nitrogens is 1. The Morgan fingerprint density at radius 2 is 1.64 bits per heavy atom. The van der Waals surface area contributed by atoms with Gasteiger partial charge in [-0.1, -0.05) is 54.6 Å². The predicted molar refractivity (Wildman–Crippen MR) is 135 cm³/mol. The molecule has 184 valence electrons. The Kier molecular flexibility index (Phi) is 8.18. The van der Waals surface area contributed by atoms with Crippen LogP contribution in [-0.4, -0.2) is 47.1 Å². The second-order valence-electron chi connectivity index (χ2n) is 8.60. The zero-order chi connectivity index (χ0) is 25.3. The minimum atomic E-state index is -1.07. The standard InChI is InChI=1S/C28H28N4O4/c33-25-15-14-24(32(25)22-12-5-2-6-13-22)27(35)31-23(19-20-9-3-1-4-10-20)26(34)28(36)30-18-16-21-11-7-8-17-29-21/h1-13,17,23-24H,14-16,18-19H2,(H,30,36)(H,31,35). The number of nitrogens with zero attached hydrogens (tertiary/aromatic N) is 2. The van der Waals surface area contributed by atoms with Gasteiger partial charge in [-0.25, -0.2) is 0 Å². The number of amides is 3. The second-order valence-corrected chi connectivity index (χ2v) is 8.60. The van der Waals surface area contributed by atoms with Crippen LogP contribution in [0.3, 0.4) is 0 Å². The van der Waals surface area contributed by atoms with Crippen LogP contribution in [-0.2, 0) is 32.0 Å². The van der Waals surface area contributed by atoms with E-state index >= 15 is 0 Å². The normalized spacial score (nSPS) is 15.8. The Hall–Kier alpha value is -4.33. The lowest BCUT2D eigenvalue weighted by Crippen LogP contribution is -2.54. The van der Waals surface area contributed by atoms with E-state index in [0.29, 0.717) is 18.5 Å². The summed E-state index contributed by atoms with van der Waals surface area (Å²) in [5, 5.41) is 5.40. The van der Waals surface area contributed by atoms with Crippen molar-refractivity contribution < 1.29 is 19.2 Å². The maximum Gasteiger partial charge on any atom is 0.289 e. The fourth-order valence-electron chi connectivity index (χ4n) is 4.27. The fraction of sp³-hybridized carbons (Fsp3) is 0.250. The number of ketones is 1. The number of nitrogens with one attached hydrogen (secondary N) is 2. The van der Waals surface area contributed by atoms with E-state index in [1.807, 2.05) is 48.5 Å². The molecule has 2 atom stereocenters. The first kappa shape index (κ1) is 24.8. The number of hydrogen-bond acceptors (Lipinski definition) is 5. The Morgan fingerprint density at radius 3 is 2.33 bits per heavy atom. The molecule has 1 aliphatic rings. The van der Waals surface area contributed by atoms with Crippen molar-refractivity contribution in [2.24, 2.45) is 0 Å². The summed E-state index contributed by atoms with van der Waals surface area (Å²) < 4.78 is 0. The highest BCUT2D eigenvalue weighted by Crippen LogP contribution is 2.26. The third-order valence-corrected chi connectivity index (χ3v) is 6.08. The number of carbonyl (C=O) groups excluding carboxylic acids is 4. The van der Waals surface area contributed by atoms with Crippen LogP contribution in [0.1, 0.15) is 24.1 Å². The van der Waals surface area contributed by atoms with E-state index < -0.39 is 29.7 Å². The SMILES string of the molecule is O=C(NCCc1ccccn1)C(=O)C(Cc1ccccc1)NC(=O)C1CCC(=O)N1c1ccccc1. The Labute approximate surface area is 209 Å². The maximum absolute atomic E-state index is 13.3. The minimum absolute atomic E-state index is 0.153. The minimum Gasteiger partial charge on any atom is -0.349 e. The lowest BCUT2D eigenvalue weighted by molar-refractivity contribution is -0.140. The number of Topliss-reactive ketones (excluding diaryl/α,β-unsaturated/α-hetero) is 1. The molecule has 0 bridgehead atoms. The maximum atomic E-state index is 13.3. The van der Waals surface area contributed by atoms with E-state index in [4.69, 9.17) is 0 Å². The number of anilines is 1. The van der Waals surface area contributed by atoms with Crippen molar-refractivity contribution in [2.45, 2.75) is 37.8 Å². The average molecular weight is 485 g/mol. The molecular weight excluding hydrogens is 456 g/mol. The molecule has 3 aromatic rings. The largest absolute Gasteiger partial charge is 0.349 e. The number of para-hydroxylation sites is 1. The lowest BCUT2D eigenvalue weighted by Gasteiger charge is -2.26. The van der Waals surface area contributed by atoms with Crippen LogP contribution in [0.4, 0.5) is 5.69 Å². The van der Waals surface area contributed by atoms with Gasteiger partial charge in [0.1, 0.15) is 12.1 Å².